The highest BCUT2D eigenvalue weighted by Crippen LogP contribution is 2.17. The minimum Gasteiger partial charge on any atom is -0.316 e. The summed E-state index contributed by atoms with van der Waals surface area (Å²) in [4.78, 5) is 5.27. The molecule has 2 saturated heterocycles. The third-order valence-corrected chi connectivity index (χ3v) is 4.18. The SMILES string of the molecule is CCCN1CCN(C[C@@H]2CNC[C@H]2C)CC1. The quantitative estimate of drug-likeness (QED) is 0.766. The zero-order chi connectivity index (χ0) is 11.4. The van der Waals surface area contributed by atoms with Crippen LogP contribution >= 0.6 is 0 Å². The second-order valence-corrected chi connectivity index (χ2v) is 5.54. The Balaban J connectivity index is 1.68. The van der Waals surface area contributed by atoms with E-state index >= 15 is 0 Å². The molecule has 2 rings (SSSR count). The average molecular weight is 225 g/mol. The van der Waals surface area contributed by atoms with Gasteiger partial charge in [0.1, 0.15) is 0 Å². The van der Waals surface area contributed by atoms with Crippen molar-refractivity contribution in [3.05, 3.63) is 0 Å². The van der Waals surface area contributed by atoms with E-state index in [-0.39, 0.29) is 0 Å². The summed E-state index contributed by atoms with van der Waals surface area (Å²) in [5, 5.41) is 3.50. The average Bonchev–Trinajstić information content (AvgIpc) is 2.68. The fourth-order valence-electron chi connectivity index (χ4n) is 2.95. The lowest BCUT2D eigenvalue weighted by Gasteiger charge is -2.36. The van der Waals surface area contributed by atoms with Crippen LogP contribution in [0.4, 0.5) is 0 Å². The zero-order valence-electron chi connectivity index (χ0n) is 10.9. The van der Waals surface area contributed by atoms with E-state index < -0.39 is 0 Å². The lowest BCUT2D eigenvalue weighted by Crippen LogP contribution is -2.48. The highest BCUT2D eigenvalue weighted by Gasteiger charge is 2.26. The maximum absolute atomic E-state index is 3.50. The molecule has 2 fully saturated rings. The van der Waals surface area contributed by atoms with Crippen LogP contribution in [0.5, 0.6) is 0 Å². The summed E-state index contributed by atoms with van der Waals surface area (Å²) < 4.78 is 0. The topological polar surface area (TPSA) is 18.5 Å². The van der Waals surface area contributed by atoms with Crippen molar-refractivity contribution >= 4 is 0 Å². The van der Waals surface area contributed by atoms with Gasteiger partial charge in [0.15, 0.2) is 0 Å². The highest BCUT2D eigenvalue weighted by atomic mass is 15.3. The molecule has 2 heterocycles. The molecule has 2 aliphatic rings. The van der Waals surface area contributed by atoms with E-state index in [1.54, 1.807) is 0 Å². The van der Waals surface area contributed by atoms with E-state index in [0.29, 0.717) is 0 Å². The van der Waals surface area contributed by atoms with Crippen molar-refractivity contribution in [2.24, 2.45) is 11.8 Å². The molecule has 94 valence electrons. The lowest BCUT2D eigenvalue weighted by atomic mass is 9.97. The van der Waals surface area contributed by atoms with Crippen LogP contribution < -0.4 is 5.32 Å². The molecule has 3 nitrogen and oxygen atoms in total. The Kier molecular flexibility index (Phi) is 4.62. The summed E-state index contributed by atoms with van der Waals surface area (Å²) in [5.74, 6) is 1.76. The van der Waals surface area contributed by atoms with Gasteiger partial charge in [-0.25, -0.2) is 0 Å². The Morgan fingerprint density at radius 2 is 1.75 bits per heavy atom. The van der Waals surface area contributed by atoms with Crippen LogP contribution in [0.15, 0.2) is 0 Å². The van der Waals surface area contributed by atoms with Gasteiger partial charge in [0.25, 0.3) is 0 Å². The first-order valence-electron chi connectivity index (χ1n) is 6.95. The fraction of sp³-hybridized carbons (Fsp3) is 1.00. The van der Waals surface area contributed by atoms with Crippen molar-refractivity contribution in [3.8, 4) is 0 Å². The minimum atomic E-state index is 0.869. The van der Waals surface area contributed by atoms with Crippen LogP contribution in [0.25, 0.3) is 0 Å². The molecule has 0 aromatic carbocycles. The number of piperazine rings is 1. The Morgan fingerprint density at radius 1 is 1.06 bits per heavy atom. The number of hydrogen-bond donors (Lipinski definition) is 1. The van der Waals surface area contributed by atoms with Gasteiger partial charge in [0.2, 0.25) is 0 Å². The molecule has 16 heavy (non-hydrogen) atoms. The molecule has 0 saturated carbocycles. The maximum Gasteiger partial charge on any atom is 0.0110 e. The van der Waals surface area contributed by atoms with Gasteiger partial charge in [0, 0.05) is 32.7 Å². The summed E-state index contributed by atoms with van der Waals surface area (Å²) in [6, 6.07) is 0. The van der Waals surface area contributed by atoms with Gasteiger partial charge in [-0.15, -0.1) is 0 Å². The van der Waals surface area contributed by atoms with E-state index in [4.69, 9.17) is 0 Å². The number of rotatable bonds is 4. The number of nitrogens with zero attached hydrogens (tertiary/aromatic N) is 2. The first kappa shape index (κ1) is 12.3. The van der Waals surface area contributed by atoms with Gasteiger partial charge >= 0.3 is 0 Å². The molecule has 1 N–H and O–H groups in total. The van der Waals surface area contributed by atoms with Gasteiger partial charge in [0.05, 0.1) is 0 Å². The second kappa shape index (κ2) is 5.99. The Morgan fingerprint density at radius 3 is 2.31 bits per heavy atom. The molecule has 3 heteroatoms. The third-order valence-electron chi connectivity index (χ3n) is 4.18. The molecule has 0 spiro atoms. The van der Waals surface area contributed by atoms with E-state index in [9.17, 15) is 0 Å². The van der Waals surface area contributed by atoms with Crippen molar-refractivity contribution < 1.29 is 0 Å². The molecule has 0 amide bonds. The van der Waals surface area contributed by atoms with Crippen molar-refractivity contribution in [1.29, 1.82) is 0 Å². The van der Waals surface area contributed by atoms with Gasteiger partial charge < -0.3 is 15.1 Å². The smallest absolute Gasteiger partial charge is 0.0110 e. The molecule has 0 radical (unpaired) electrons. The molecule has 2 aliphatic heterocycles. The third kappa shape index (κ3) is 3.19. The minimum absolute atomic E-state index is 0.869. The van der Waals surface area contributed by atoms with E-state index in [1.165, 1.54) is 58.8 Å². The van der Waals surface area contributed by atoms with Gasteiger partial charge in [-0.2, -0.15) is 0 Å². The lowest BCUT2D eigenvalue weighted by molar-refractivity contribution is 0.114. The van der Waals surface area contributed by atoms with E-state index in [0.717, 1.165) is 11.8 Å². The Hall–Kier alpha value is -0.120. The molecular weight excluding hydrogens is 198 g/mol. The van der Waals surface area contributed by atoms with Crippen LogP contribution in [0.1, 0.15) is 20.3 Å². The van der Waals surface area contributed by atoms with Crippen LogP contribution in [-0.2, 0) is 0 Å². The highest BCUT2D eigenvalue weighted by molar-refractivity contribution is 4.82. The summed E-state index contributed by atoms with van der Waals surface area (Å²) in [6.45, 7) is 14.8. The second-order valence-electron chi connectivity index (χ2n) is 5.54. The molecular formula is C13H27N3. The number of nitrogens with one attached hydrogen (secondary N) is 1. The number of hydrogen-bond acceptors (Lipinski definition) is 3. The predicted octanol–water partition coefficient (Wildman–Crippen LogP) is 0.870. The first-order valence-corrected chi connectivity index (χ1v) is 6.95. The van der Waals surface area contributed by atoms with Crippen LogP contribution in [0, 0.1) is 11.8 Å². The summed E-state index contributed by atoms with van der Waals surface area (Å²) in [7, 11) is 0. The van der Waals surface area contributed by atoms with Gasteiger partial charge in [-0.05, 0) is 37.9 Å². The van der Waals surface area contributed by atoms with Crippen LogP contribution in [-0.4, -0.2) is 62.2 Å². The van der Waals surface area contributed by atoms with Crippen LogP contribution in [0.3, 0.4) is 0 Å². The zero-order valence-corrected chi connectivity index (χ0v) is 10.9. The summed E-state index contributed by atoms with van der Waals surface area (Å²) >= 11 is 0. The van der Waals surface area contributed by atoms with Gasteiger partial charge in [-0.1, -0.05) is 13.8 Å². The predicted molar refractivity (Wildman–Crippen MR) is 68.7 cm³/mol. The molecule has 0 bridgehead atoms. The maximum atomic E-state index is 3.50. The van der Waals surface area contributed by atoms with Crippen molar-refractivity contribution in [3.63, 3.8) is 0 Å². The van der Waals surface area contributed by atoms with Crippen molar-refractivity contribution in [2.45, 2.75) is 20.3 Å². The molecule has 0 aliphatic carbocycles. The Labute approximate surface area is 100 Å². The van der Waals surface area contributed by atoms with Crippen molar-refractivity contribution in [1.82, 2.24) is 15.1 Å². The monoisotopic (exact) mass is 225 g/mol. The fourth-order valence-corrected chi connectivity index (χ4v) is 2.95. The summed E-state index contributed by atoms with van der Waals surface area (Å²) in [6.07, 6.45) is 1.30. The van der Waals surface area contributed by atoms with Gasteiger partial charge in [-0.3, -0.25) is 0 Å². The van der Waals surface area contributed by atoms with Crippen LogP contribution in [0.2, 0.25) is 0 Å². The van der Waals surface area contributed by atoms with Crippen molar-refractivity contribution in [2.75, 3.05) is 52.4 Å². The summed E-state index contributed by atoms with van der Waals surface area (Å²) in [5.41, 5.74) is 0. The van der Waals surface area contributed by atoms with E-state index in [2.05, 4.69) is 29.0 Å². The first-order chi connectivity index (χ1) is 7.79. The standard InChI is InChI=1S/C13H27N3/c1-3-4-15-5-7-16(8-6-15)11-13-10-14-9-12(13)2/h12-14H,3-11H2,1-2H3/t12-,13+/m1/s1. The molecule has 0 aromatic rings. The molecule has 0 aromatic heterocycles. The molecule has 2 atom stereocenters. The largest absolute Gasteiger partial charge is 0.316 e. The normalized spacial score (nSPS) is 33.4. The van der Waals surface area contributed by atoms with E-state index in [1.807, 2.05) is 0 Å². The Bertz CT molecular complexity index is 199. The molecule has 0 unspecified atom stereocenters.